The van der Waals surface area contributed by atoms with E-state index in [1.807, 2.05) is 31.2 Å². The van der Waals surface area contributed by atoms with Gasteiger partial charge in [0.15, 0.2) is 0 Å². The Labute approximate surface area is 114 Å². The van der Waals surface area contributed by atoms with E-state index in [2.05, 4.69) is 10.3 Å². The van der Waals surface area contributed by atoms with E-state index >= 15 is 0 Å². The molecule has 0 spiro atoms. The van der Waals surface area contributed by atoms with Crippen LogP contribution in [0.2, 0.25) is 0 Å². The Bertz CT molecular complexity index is 663. The molecule has 0 fully saturated rings. The third-order valence-electron chi connectivity index (χ3n) is 2.71. The Hall–Kier alpha value is -2.57. The average molecular weight is 269 g/mol. The van der Waals surface area contributed by atoms with Crippen molar-refractivity contribution in [1.29, 1.82) is 10.5 Å². The molecule has 2 aromatic rings. The van der Waals surface area contributed by atoms with Crippen LogP contribution in [-0.4, -0.2) is 4.98 Å². The van der Waals surface area contributed by atoms with Crippen molar-refractivity contribution in [2.45, 2.75) is 13.0 Å². The van der Waals surface area contributed by atoms with E-state index in [0.717, 1.165) is 5.56 Å². The van der Waals surface area contributed by atoms with Gasteiger partial charge in [-0.05, 0) is 24.6 Å². The maximum Gasteiger partial charge on any atom is 0.131 e. The molecule has 0 aliphatic heterocycles. The number of pyridine rings is 1. The van der Waals surface area contributed by atoms with Gasteiger partial charge < -0.3 is 11.1 Å². The van der Waals surface area contributed by atoms with E-state index in [-0.39, 0.29) is 11.7 Å². The Kier molecular flexibility index (Phi) is 3.65. The van der Waals surface area contributed by atoms with Crippen LogP contribution in [0.4, 0.5) is 10.7 Å². The van der Waals surface area contributed by atoms with Crippen LogP contribution in [-0.2, 0) is 0 Å². The van der Waals surface area contributed by atoms with Gasteiger partial charge in [0.25, 0.3) is 0 Å². The number of nitrogen functional groups attached to an aromatic ring is 1. The van der Waals surface area contributed by atoms with Gasteiger partial charge in [-0.2, -0.15) is 10.5 Å². The lowest BCUT2D eigenvalue weighted by atomic mass is 10.1. The van der Waals surface area contributed by atoms with E-state index < -0.39 is 0 Å². The number of anilines is 2. The van der Waals surface area contributed by atoms with Crippen molar-refractivity contribution >= 4 is 22.0 Å². The topological polar surface area (TPSA) is 98.5 Å². The summed E-state index contributed by atoms with van der Waals surface area (Å²) in [7, 11) is 0. The first kappa shape index (κ1) is 12.9. The number of thiophene rings is 1. The standard InChI is InChI=1S/C13H11N5S/c1-8(9-2-4-17-5-3-9)18-13-10(6-14)12(16)11(7-15)19-13/h2-5,8,18H,16H2,1H3. The maximum atomic E-state index is 9.11. The number of hydrogen-bond acceptors (Lipinski definition) is 6. The molecule has 1 atom stereocenters. The number of nitriles is 2. The smallest absolute Gasteiger partial charge is 0.131 e. The van der Waals surface area contributed by atoms with Gasteiger partial charge in [0.2, 0.25) is 0 Å². The van der Waals surface area contributed by atoms with E-state index in [9.17, 15) is 0 Å². The van der Waals surface area contributed by atoms with E-state index in [1.165, 1.54) is 11.3 Å². The molecular weight excluding hydrogens is 258 g/mol. The molecule has 0 bridgehead atoms. The zero-order valence-corrected chi connectivity index (χ0v) is 11.0. The van der Waals surface area contributed by atoms with Crippen LogP contribution in [0.1, 0.15) is 29.0 Å². The normalized spacial score (nSPS) is 11.3. The molecule has 0 aromatic carbocycles. The molecule has 0 aliphatic rings. The lowest BCUT2D eigenvalue weighted by Crippen LogP contribution is -2.06. The molecule has 0 saturated carbocycles. The Morgan fingerprint density at radius 1 is 1.32 bits per heavy atom. The van der Waals surface area contributed by atoms with Gasteiger partial charge >= 0.3 is 0 Å². The summed E-state index contributed by atoms with van der Waals surface area (Å²) in [5.74, 6) is 0. The number of hydrogen-bond donors (Lipinski definition) is 2. The van der Waals surface area contributed by atoms with Crippen LogP contribution < -0.4 is 11.1 Å². The molecule has 0 radical (unpaired) electrons. The molecule has 3 N–H and O–H groups in total. The van der Waals surface area contributed by atoms with E-state index in [4.69, 9.17) is 16.3 Å². The molecule has 2 rings (SSSR count). The van der Waals surface area contributed by atoms with Gasteiger partial charge in [0, 0.05) is 18.4 Å². The fourth-order valence-electron chi connectivity index (χ4n) is 1.67. The van der Waals surface area contributed by atoms with Gasteiger partial charge in [-0.1, -0.05) is 0 Å². The molecular formula is C13H11N5S. The second-order valence-electron chi connectivity index (χ2n) is 3.92. The number of nitrogens with zero attached hydrogens (tertiary/aromatic N) is 3. The van der Waals surface area contributed by atoms with Crippen LogP contribution in [0.25, 0.3) is 0 Å². The predicted molar refractivity (Wildman–Crippen MR) is 74.4 cm³/mol. The fraction of sp³-hybridized carbons (Fsp3) is 0.154. The minimum absolute atomic E-state index is 0.000284. The van der Waals surface area contributed by atoms with Gasteiger partial charge in [0.1, 0.15) is 27.6 Å². The fourth-order valence-corrected chi connectivity index (χ4v) is 2.63. The molecule has 6 heteroatoms. The molecule has 2 heterocycles. The summed E-state index contributed by atoms with van der Waals surface area (Å²) in [6.45, 7) is 1.97. The number of aromatic nitrogens is 1. The summed E-state index contributed by atoms with van der Waals surface area (Å²) >= 11 is 1.20. The Morgan fingerprint density at radius 2 is 2.00 bits per heavy atom. The third kappa shape index (κ3) is 2.49. The number of nitrogens with two attached hydrogens (primary N) is 1. The maximum absolute atomic E-state index is 9.11. The van der Waals surface area contributed by atoms with Crippen LogP contribution >= 0.6 is 11.3 Å². The van der Waals surface area contributed by atoms with Crippen molar-refractivity contribution in [2.24, 2.45) is 0 Å². The number of rotatable bonds is 3. The highest BCUT2D eigenvalue weighted by atomic mass is 32.1. The molecule has 5 nitrogen and oxygen atoms in total. The van der Waals surface area contributed by atoms with Crippen molar-refractivity contribution < 1.29 is 0 Å². The van der Waals surface area contributed by atoms with Gasteiger partial charge in [-0.15, -0.1) is 11.3 Å². The van der Waals surface area contributed by atoms with Crippen LogP contribution in [0.15, 0.2) is 24.5 Å². The molecule has 1 unspecified atom stereocenters. The predicted octanol–water partition coefficient (Wildman–Crippen LogP) is 2.64. The summed E-state index contributed by atoms with van der Waals surface area (Å²) < 4.78 is 0. The van der Waals surface area contributed by atoms with Crippen molar-refractivity contribution in [3.8, 4) is 12.1 Å². The minimum atomic E-state index is -0.000284. The van der Waals surface area contributed by atoms with Gasteiger partial charge in [-0.25, -0.2) is 0 Å². The molecule has 19 heavy (non-hydrogen) atoms. The lowest BCUT2D eigenvalue weighted by Gasteiger charge is -2.14. The average Bonchev–Trinajstić information content (AvgIpc) is 2.75. The first-order valence-electron chi connectivity index (χ1n) is 5.56. The lowest BCUT2D eigenvalue weighted by molar-refractivity contribution is 0.885. The van der Waals surface area contributed by atoms with Crippen LogP contribution in [0, 0.1) is 22.7 Å². The number of nitrogens with one attached hydrogen (secondary N) is 1. The highest BCUT2D eigenvalue weighted by Gasteiger charge is 2.17. The third-order valence-corrected chi connectivity index (χ3v) is 3.75. The van der Waals surface area contributed by atoms with Crippen LogP contribution in [0.3, 0.4) is 0 Å². The second kappa shape index (κ2) is 5.38. The SMILES string of the molecule is CC(Nc1sc(C#N)c(N)c1C#N)c1ccncc1. The van der Waals surface area contributed by atoms with Crippen molar-refractivity contribution in [2.75, 3.05) is 11.1 Å². The molecule has 0 aliphatic carbocycles. The van der Waals surface area contributed by atoms with Crippen molar-refractivity contribution in [1.82, 2.24) is 4.98 Å². The second-order valence-corrected chi connectivity index (χ2v) is 4.94. The minimum Gasteiger partial charge on any atom is -0.396 e. The van der Waals surface area contributed by atoms with Crippen molar-refractivity contribution in [3.63, 3.8) is 0 Å². The molecule has 2 aromatic heterocycles. The highest BCUT2D eigenvalue weighted by molar-refractivity contribution is 7.17. The largest absolute Gasteiger partial charge is 0.396 e. The first-order valence-corrected chi connectivity index (χ1v) is 6.38. The molecule has 0 saturated heterocycles. The molecule has 0 amide bonds. The molecule has 94 valence electrons. The summed E-state index contributed by atoms with van der Waals surface area (Å²) in [6, 6.07) is 7.82. The van der Waals surface area contributed by atoms with Gasteiger partial charge in [-0.3, -0.25) is 4.98 Å². The van der Waals surface area contributed by atoms with Gasteiger partial charge in [0.05, 0.1) is 5.69 Å². The van der Waals surface area contributed by atoms with E-state index in [1.54, 1.807) is 12.4 Å². The van der Waals surface area contributed by atoms with Crippen LogP contribution in [0.5, 0.6) is 0 Å². The highest BCUT2D eigenvalue weighted by Crippen LogP contribution is 2.36. The summed E-state index contributed by atoms with van der Waals surface area (Å²) in [6.07, 6.45) is 3.42. The quantitative estimate of drug-likeness (QED) is 0.892. The Morgan fingerprint density at radius 3 is 2.58 bits per heavy atom. The summed E-state index contributed by atoms with van der Waals surface area (Å²) in [4.78, 5) is 4.32. The monoisotopic (exact) mass is 269 g/mol. The zero-order chi connectivity index (χ0) is 13.8. The zero-order valence-electron chi connectivity index (χ0n) is 10.2. The van der Waals surface area contributed by atoms with E-state index in [0.29, 0.717) is 15.4 Å². The Balaban J connectivity index is 2.30. The van der Waals surface area contributed by atoms with Crippen molar-refractivity contribution in [3.05, 3.63) is 40.5 Å². The summed E-state index contributed by atoms with van der Waals surface area (Å²) in [5.41, 5.74) is 7.39. The first-order chi connectivity index (χ1) is 9.17. The summed E-state index contributed by atoms with van der Waals surface area (Å²) in [5, 5.41) is 21.9.